The van der Waals surface area contributed by atoms with Crippen LogP contribution in [-0.4, -0.2) is 12.6 Å². The fourth-order valence-corrected chi connectivity index (χ4v) is 3.07. The lowest BCUT2D eigenvalue weighted by molar-refractivity contribution is -0.159. The molecule has 1 rings (SSSR count). The molecule has 0 aliphatic heterocycles. The van der Waals surface area contributed by atoms with Gasteiger partial charge in [-0.15, -0.1) is 0 Å². The SMILES string of the molecule is CC[C@@H]1CCCC(C)(C)[C@@H]1C(=O)OCC(C)C. The second kappa shape index (κ2) is 5.88. The lowest BCUT2D eigenvalue weighted by Gasteiger charge is -2.42. The van der Waals surface area contributed by atoms with Crippen LogP contribution in [-0.2, 0) is 9.53 Å². The van der Waals surface area contributed by atoms with E-state index in [9.17, 15) is 4.79 Å². The van der Waals surface area contributed by atoms with Crippen molar-refractivity contribution in [2.24, 2.45) is 23.2 Å². The Kier molecular flexibility index (Phi) is 5.03. The average molecular weight is 240 g/mol. The second-order valence-corrected chi connectivity index (χ2v) is 6.55. The number of carbonyl (C=O) groups is 1. The molecular formula is C15H28O2. The van der Waals surface area contributed by atoms with Crippen molar-refractivity contribution in [1.29, 1.82) is 0 Å². The third-order valence-corrected chi connectivity index (χ3v) is 4.05. The summed E-state index contributed by atoms with van der Waals surface area (Å²) in [5.41, 5.74) is 0.104. The van der Waals surface area contributed by atoms with Gasteiger partial charge in [-0.3, -0.25) is 4.79 Å². The number of carbonyl (C=O) groups excluding carboxylic acids is 1. The van der Waals surface area contributed by atoms with Crippen LogP contribution in [0.3, 0.4) is 0 Å². The molecule has 0 saturated heterocycles. The molecule has 1 aliphatic carbocycles. The zero-order chi connectivity index (χ0) is 13.1. The molecule has 0 radical (unpaired) electrons. The Hall–Kier alpha value is -0.530. The maximum absolute atomic E-state index is 12.3. The summed E-state index contributed by atoms with van der Waals surface area (Å²) in [6, 6.07) is 0. The van der Waals surface area contributed by atoms with E-state index in [0.29, 0.717) is 18.4 Å². The zero-order valence-corrected chi connectivity index (χ0v) is 12.1. The van der Waals surface area contributed by atoms with Crippen LogP contribution < -0.4 is 0 Å². The lowest BCUT2D eigenvalue weighted by Crippen LogP contribution is -2.41. The zero-order valence-electron chi connectivity index (χ0n) is 12.1. The van der Waals surface area contributed by atoms with Crippen molar-refractivity contribution in [3.05, 3.63) is 0 Å². The Labute approximate surface area is 106 Å². The van der Waals surface area contributed by atoms with Crippen LogP contribution in [0.2, 0.25) is 0 Å². The van der Waals surface area contributed by atoms with Crippen LogP contribution in [0.5, 0.6) is 0 Å². The highest BCUT2D eigenvalue weighted by atomic mass is 16.5. The van der Waals surface area contributed by atoms with Crippen molar-refractivity contribution >= 4 is 5.97 Å². The molecule has 1 saturated carbocycles. The highest BCUT2D eigenvalue weighted by Gasteiger charge is 2.43. The summed E-state index contributed by atoms with van der Waals surface area (Å²) >= 11 is 0. The molecule has 17 heavy (non-hydrogen) atoms. The third-order valence-electron chi connectivity index (χ3n) is 4.05. The van der Waals surface area contributed by atoms with Crippen LogP contribution >= 0.6 is 0 Å². The smallest absolute Gasteiger partial charge is 0.309 e. The Morgan fingerprint density at radius 3 is 2.59 bits per heavy atom. The maximum Gasteiger partial charge on any atom is 0.309 e. The maximum atomic E-state index is 12.3. The largest absolute Gasteiger partial charge is 0.465 e. The van der Waals surface area contributed by atoms with E-state index >= 15 is 0 Å². The van der Waals surface area contributed by atoms with Gasteiger partial charge in [-0.2, -0.15) is 0 Å². The molecule has 0 spiro atoms. The molecule has 100 valence electrons. The van der Waals surface area contributed by atoms with Crippen LogP contribution in [0.15, 0.2) is 0 Å². The van der Waals surface area contributed by atoms with Crippen molar-refractivity contribution in [2.75, 3.05) is 6.61 Å². The summed E-state index contributed by atoms with van der Waals surface area (Å²) in [5.74, 6) is 1.07. The van der Waals surface area contributed by atoms with Gasteiger partial charge in [0.2, 0.25) is 0 Å². The number of hydrogen-bond donors (Lipinski definition) is 0. The van der Waals surface area contributed by atoms with Gasteiger partial charge in [0, 0.05) is 0 Å². The molecule has 2 heteroatoms. The van der Waals surface area contributed by atoms with E-state index in [1.807, 2.05) is 0 Å². The van der Waals surface area contributed by atoms with Gasteiger partial charge in [-0.1, -0.05) is 47.5 Å². The molecule has 0 unspecified atom stereocenters. The van der Waals surface area contributed by atoms with E-state index < -0.39 is 0 Å². The molecule has 0 aromatic carbocycles. The number of ether oxygens (including phenoxy) is 1. The van der Waals surface area contributed by atoms with Gasteiger partial charge in [-0.05, 0) is 30.1 Å². The first kappa shape index (κ1) is 14.5. The van der Waals surface area contributed by atoms with Gasteiger partial charge < -0.3 is 4.74 Å². The molecule has 1 fully saturated rings. The van der Waals surface area contributed by atoms with Crippen LogP contribution in [0.4, 0.5) is 0 Å². The highest BCUT2D eigenvalue weighted by Crippen LogP contribution is 2.45. The minimum Gasteiger partial charge on any atom is -0.465 e. The average Bonchev–Trinajstić information content (AvgIpc) is 2.24. The molecular weight excluding hydrogens is 212 g/mol. The molecule has 0 N–H and O–H groups in total. The van der Waals surface area contributed by atoms with Gasteiger partial charge in [0.1, 0.15) is 0 Å². The molecule has 0 aromatic heterocycles. The minimum atomic E-state index is 0.0373. The molecule has 2 atom stereocenters. The topological polar surface area (TPSA) is 26.3 Å². The van der Waals surface area contributed by atoms with E-state index in [1.54, 1.807) is 0 Å². The quantitative estimate of drug-likeness (QED) is 0.693. The Balaban J connectivity index is 2.70. The summed E-state index contributed by atoms with van der Waals surface area (Å²) in [6.45, 7) is 11.3. The fourth-order valence-electron chi connectivity index (χ4n) is 3.07. The molecule has 2 nitrogen and oxygen atoms in total. The summed E-state index contributed by atoms with van der Waals surface area (Å²) in [5, 5.41) is 0. The number of hydrogen-bond acceptors (Lipinski definition) is 2. The van der Waals surface area contributed by atoms with Crippen LogP contribution in [0, 0.1) is 23.2 Å². The van der Waals surface area contributed by atoms with E-state index in [1.165, 1.54) is 12.8 Å². The van der Waals surface area contributed by atoms with E-state index in [-0.39, 0.29) is 17.3 Å². The van der Waals surface area contributed by atoms with Crippen molar-refractivity contribution in [2.45, 2.75) is 60.3 Å². The third kappa shape index (κ3) is 3.72. The van der Waals surface area contributed by atoms with Crippen molar-refractivity contribution in [3.63, 3.8) is 0 Å². The summed E-state index contributed by atoms with van der Waals surface area (Å²) in [7, 11) is 0. The van der Waals surface area contributed by atoms with Gasteiger partial charge in [0.05, 0.1) is 12.5 Å². The molecule has 0 bridgehead atoms. The first-order valence-electron chi connectivity index (χ1n) is 7.05. The van der Waals surface area contributed by atoms with E-state index in [4.69, 9.17) is 4.74 Å². The molecule has 0 heterocycles. The Morgan fingerprint density at radius 2 is 2.06 bits per heavy atom. The van der Waals surface area contributed by atoms with Gasteiger partial charge in [0.25, 0.3) is 0 Å². The van der Waals surface area contributed by atoms with Gasteiger partial charge in [-0.25, -0.2) is 0 Å². The number of rotatable bonds is 4. The molecule has 0 amide bonds. The Bertz CT molecular complexity index is 256. The Morgan fingerprint density at radius 1 is 1.41 bits per heavy atom. The van der Waals surface area contributed by atoms with Gasteiger partial charge >= 0.3 is 5.97 Å². The van der Waals surface area contributed by atoms with Crippen molar-refractivity contribution in [3.8, 4) is 0 Å². The van der Waals surface area contributed by atoms with Crippen molar-refractivity contribution in [1.82, 2.24) is 0 Å². The molecule has 0 aromatic rings. The normalized spacial score (nSPS) is 28.1. The first-order valence-corrected chi connectivity index (χ1v) is 7.05. The summed E-state index contributed by atoms with van der Waals surface area (Å²) < 4.78 is 5.47. The second-order valence-electron chi connectivity index (χ2n) is 6.55. The predicted molar refractivity (Wildman–Crippen MR) is 70.7 cm³/mol. The molecule has 1 aliphatic rings. The highest BCUT2D eigenvalue weighted by molar-refractivity contribution is 5.74. The summed E-state index contributed by atoms with van der Waals surface area (Å²) in [4.78, 5) is 12.3. The van der Waals surface area contributed by atoms with Gasteiger partial charge in [0.15, 0.2) is 0 Å². The van der Waals surface area contributed by atoms with Crippen LogP contribution in [0.25, 0.3) is 0 Å². The first-order chi connectivity index (χ1) is 7.88. The standard InChI is InChI=1S/C15H28O2/c1-6-12-8-7-9-15(4,5)13(12)14(16)17-10-11(2)3/h11-13H,6-10H2,1-5H3/t12-,13+/m1/s1. The van der Waals surface area contributed by atoms with Crippen LogP contribution in [0.1, 0.15) is 60.3 Å². The monoisotopic (exact) mass is 240 g/mol. The fraction of sp³-hybridized carbons (Fsp3) is 0.933. The van der Waals surface area contributed by atoms with Crippen molar-refractivity contribution < 1.29 is 9.53 Å². The predicted octanol–water partition coefficient (Wildman–Crippen LogP) is 4.04. The summed E-state index contributed by atoms with van der Waals surface area (Å²) in [6.07, 6.45) is 4.66. The lowest BCUT2D eigenvalue weighted by atomic mass is 9.63. The minimum absolute atomic E-state index is 0.0373. The van der Waals surface area contributed by atoms with E-state index in [0.717, 1.165) is 12.8 Å². The van der Waals surface area contributed by atoms with E-state index in [2.05, 4.69) is 34.6 Å². The number of esters is 1.